The van der Waals surface area contributed by atoms with Gasteiger partial charge in [0.1, 0.15) is 0 Å². The van der Waals surface area contributed by atoms with Crippen molar-refractivity contribution in [2.45, 2.75) is 19.6 Å². The molecule has 0 fully saturated rings. The minimum Gasteiger partial charge on any atom is -0.277 e. The van der Waals surface area contributed by atoms with Gasteiger partial charge in [0.25, 0.3) is 0 Å². The zero-order valence-corrected chi connectivity index (χ0v) is 30.0. The van der Waals surface area contributed by atoms with E-state index in [1.54, 1.807) is 11.3 Å². The van der Waals surface area contributed by atoms with Gasteiger partial charge in [0.15, 0.2) is 0 Å². The largest absolute Gasteiger partial charge is 0.277 e. The Morgan fingerprint density at radius 3 is 1.92 bits per heavy atom. The average molecular weight is 722 g/mol. The Morgan fingerprint density at radius 2 is 1.08 bits per heavy atom. The number of fused-ring (bicyclic) bond motifs is 15. The molecule has 0 amide bonds. The SMILES string of the molecule is c1ccc2c(c1)Sc1cccc(-c3nc(-n4c5ccccc5c5c6ccccc6c6sc7ccccc7c6c54)nc4c3sc3ccccc34)c1S2. The molecule has 1 aliphatic heterocycles. The molecule has 0 aliphatic carbocycles. The predicted molar refractivity (Wildman–Crippen MR) is 220 cm³/mol. The van der Waals surface area contributed by atoms with Crippen LogP contribution in [0, 0.1) is 0 Å². The summed E-state index contributed by atoms with van der Waals surface area (Å²) in [5, 5.41) is 8.70. The van der Waals surface area contributed by atoms with Crippen LogP contribution in [-0.4, -0.2) is 14.5 Å². The molecular formula is C44H23N3S4. The molecule has 51 heavy (non-hydrogen) atoms. The van der Waals surface area contributed by atoms with Crippen LogP contribution in [0.3, 0.4) is 0 Å². The van der Waals surface area contributed by atoms with Crippen molar-refractivity contribution in [2.24, 2.45) is 0 Å². The van der Waals surface area contributed by atoms with Crippen LogP contribution in [0.25, 0.3) is 90.3 Å². The maximum absolute atomic E-state index is 5.67. The van der Waals surface area contributed by atoms with Crippen molar-refractivity contribution < 1.29 is 0 Å². The van der Waals surface area contributed by atoms with Crippen LogP contribution in [0.2, 0.25) is 0 Å². The lowest BCUT2D eigenvalue weighted by atomic mass is 10.00. The third-order valence-electron chi connectivity index (χ3n) is 10.1. The number of thiophene rings is 2. The predicted octanol–water partition coefficient (Wildman–Crippen LogP) is 13.7. The van der Waals surface area contributed by atoms with E-state index in [1.165, 1.54) is 71.5 Å². The number of benzene rings is 7. The quantitative estimate of drug-likeness (QED) is 0.178. The molecule has 1 aliphatic rings. The third-order valence-corrected chi connectivity index (χ3v) is 15.1. The molecule has 3 nitrogen and oxygen atoms in total. The highest BCUT2D eigenvalue weighted by Crippen LogP contribution is 2.53. The van der Waals surface area contributed by atoms with Gasteiger partial charge in [0.05, 0.1) is 26.9 Å². The number of hydrogen-bond acceptors (Lipinski definition) is 6. The Morgan fingerprint density at radius 1 is 0.451 bits per heavy atom. The summed E-state index contributed by atoms with van der Waals surface area (Å²) >= 11 is 7.37. The first-order chi connectivity index (χ1) is 25.3. The molecule has 238 valence electrons. The van der Waals surface area contributed by atoms with Crippen molar-refractivity contribution in [3.05, 3.63) is 140 Å². The first kappa shape index (κ1) is 28.5. The van der Waals surface area contributed by atoms with Crippen LogP contribution in [0.15, 0.2) is 159 Å². The van der Waals surface area contributed by atoms with E-state index in [2.05, 4.69) is 144 Å². The molecule has 0 radical (unpaired) electrons. The molecule has 0 saturated carbocycles. The molecule has 0 saturated heterocycles. The van der Waals surface area contributed by atoms with Gasteiger partial charge in [-0.15, -0.1) is 22.7 Å². The summed E-state index contributed by atoms with van der Waals surface area (Å²) in [5.41, 5.74) is 5.41. The van der Waals surface area contributed by atoms with E-state index in [-0.39, 0.29) is 0 Å². The molecule has 0 bridgehead atoms. The van der Waals surface area contributed by atoms with E-state index in [9.17, 15) is 0 Å². The van der Waals surface area contributed by atoms with Crippen molar-refractivity contribution in [3.63, 3.8) is 0 Å². The highest BCUT2D eigenvalue weighted by molar-refractivity contribution is 8.05. The Labute approximate surface area is 308 Å². The van der Waals surface area contributed by atoms with Gasteiger partial charge in [-0.3, -0.25) is 4.57 Å². The summed E-state index contributed by atoms with van der Waals surface area (Å²) in [6, 6.07) is 50.6. The minimum absolute atomic E-state index is 0.700. The highest BCUT2D eigenvalue weighted by Gasteiger charge is 2.27. The Balaban J connectivity index is 1.26. The zero-order chi connectivity index (χ0) is 33.2. The number of hydrogen-bond donors (Lipinski definition) is 0. The van der Waals surface area contributed by atoms with E-state index in [0.717, 1.165) is 32.4 Å². The monoisotopic (exact) mass is 721 g/mol. The van der Waals surface area contributed by atoms with Crippen LogP contribution in [0.1, 0.15) is 0 Å². The van der Waals surface area contributed by atoms with Crippen molar-refractivity contribution in [3.8, 4) is 17.2 Å². The number of nitrogens with zero attached hydrogens (tertiary/aromatic N) is 3. The van der Waals surface area contributed by atoms with Crippen LogP contribution in [-0.2, 0) is 0 Å². The Kier molecular flexibility index (Phi) is 5.96. The molecule has 0 unspecified atom stereocenters. The molecule has 12 rings (SSSR count). The van der Waals surface area contributed by atoms with Crippen molar-refractivity contribution >= 4 is 119 Å². The lowest BCUT2D eigenvalue weighted by Gasteiger charge is -2.21. The second-order valence-electron chi connectivity index (χ2n) is 12.9. The molecule has 7 heteroatoms. The van der Waals surface area contributed by atoms with E-state index in [4.69, 9.17) is 9.97 Å². The van der Waals surface area contributed by atoms with Crippen LogP contribution in [0.5, 0.6) is 0 Å². The topological polar surface area (TPSA) is 30.7 Å². The molecule has 4 aromatic heterocycles. The molecule has 7 aromatic carbocycles. The van der Waals surface area contributed by atoms with Crippen molar-refractivity contribution in [1.29, 1.82) is 0 Å². The molecular weight excluding hydrogens is 699 g/mol. The van der Waals surface area contributed by atoms with Gasteiger partial charge >= 0.3 is 0 Å². The average Bonchev–Trinajstić information content (AvgIpc) is 3.87. The normalized spacial score (nSPS) is 12.9. The van der Waals surface area contributed by atoms with Gasteiger partial charge in [-0.2, -0.15) is 0 Å². The second kappa shape index (κ2) is 10.7. The summed E-state index contributed by atoms with van der Waals surface area (Å²) in [6.07, 6.45) is 0. The second-order valence-corrected chi connectivity index (χ2v) is 17.1. The zero-order valence-electron chi connectivity index (χ0n) is 26.8. The number of aromatic nitrogens is 3. The lowest BCUT2D eigenvalue weighted by Crippen LogP contribution is -2.04. The number of rotatable bonds is 2. The van der Waals surface area contributed by atoms with Crippen LogP contribution < -0.4 is 0 Å². The molecule has 0 N–H and O–H groups in total. The van der Waals surface area contributed by atoms with Crippen molar-refractivity contribution in [1.82, 2.24) is 14.5 Å². The summed E-state index contributed by atoms with van der Waals surface area (Å²) in [7, 11) is 0. The number of para-hydroxylation sites is 1. The fraction of sp³-hybridized carbons (Fsp3) is 0. The Bertz CT molecular complexity index is 3280. The third kappa shape index (κ3) is 3.97. The van der Waals surface area contributed by atoms with Crippen molar-refractivity contribution in [2.75, 3.05) is 0 Å². The smallest absolute Gasteiger partial charge is 0.235 e. The molecule has 11 aromatic rings. The van der Waals surface area contributed by atoms with Gasteiger partial charge in [0.2, 0.25) is 5.95 Å². The van der Waals surface area contributed by atoms with E-state index in [1.807, 2.05) is 34.9 Å². The standard InChI is InChI=1S/C44H23N3S4/c1-2-13-25-24(12-1)36-26-14-3-6-18-30(26)47(40(36)37-27-15-4-7-19-31(27)49-42(25)37)44-45-38-28-16-5-8-20-32(28)50-43(38)39(46-44)29-17-11-23-35-41(29)51-34-22-10-9-21-33(34)48-35/h1-23H. The Hall–Kier alpha value is -5.18. The molecule has 0 atom stereocenters. The molecule has 0 spiro atoms. The summed E-state index contributed by atoms with van der Waals surface area (Å²) in [5.74, 6) is 0.700. The van der Waals surface area contributed by atoms with E-state index >= 15 is 0 Å². The summed E-state index contributed by atoms with van der Waals surface area (Å²) in [6.45, 7) is 0. The maximum Gasteiger partial charge on any atom is 0.235 e. The highest BCUT2D eigenvalue weighted by atomic mass is 32.2. The van der Waals surface area contributed by atoms with Gasteiger partial charge in [0, 0.05) is 71.6 Å². The van der Waals surface area contributed by atoms with Crippen LogP contribution in [0.4, 0.5) is 0 Å². The fourth-order valence-corrected chi connectivity index (χ4v) is 12.7. The fourth-order valence-electron chi connectivity index (χ4n) is 7.92. The van der Waals surface area contributed by atoms with Crippen LogP contribution >= 0.6 is 46.2 Å². The van der Waals surface area contributed by atoms with E-state index in [0.29, 0.717) is 5.95 Å². The first-order valence-electron chi connectivity index (χ1n) is 16.8. The summed E-state index contributed by atoms with van der Waals surface area (Å²) in [4.78, 5) is 16.3. The first-order valence-corrected chi connectivity index (χ1v) is 20.1. The summed E-state index contributed by atoms with van der Waals surface area (Å²) < 4.78 is 7.29. The minimum atomic E-state index is 0.700. The lowest BCUT2D eigenvalue weighted by molar-refractivity contribution is 1.02. The van der Waals surface area contributed by atoms with Gasteiger partial charge in [-0.1, -0.05) is 127 Å². The van der Waals surface area contributed by atoms with Gasteiger partial charge < -0.3 is 0 Å². The maximum atomic E-state index is 5.67. The van der Waals surface area contributed by atoms with Gasteiger partial charge in [-0.25, -0.2) is 9.97 Å². The van der Waals surface area contributed by atoms with E-state index < -0.39 is 0 Å². The molecule has 5 heterocycles. The van der Waals surface area contributed by atoms with Gasteiger partial charge in [-0.05, 0) is 41.8 Å².